The van der Waals surface area contributed by atoms with Crippen LogP contribution in [0.4, 0.5) is 11.5 Å². The topological polar surface area (TPSA) is 54.5 Å². The van der Waals surface area contributed by atoms with Crippen molar-refractivity contribution in [2.24, 2.45) is 0 Å². The molecule has 144 valence electrons. The number of hydrogen-bond donors (Lipinski definition) is 1. The summed E-state index contributed by atoms with van der Waals surface area (Å²) in [6.07, 6.45) is 2.56. The molecule has 4 rings (SSSR count). The molecular weight excluding hydrogens is 374 g/mol. The first-order valence-corrected chi connectivity index (χ1v) is 9.67. The van der Waals surface area contributed by atoms with Crippen LogP contribution in [0.3, 0.4) is 0 Å². The Bertz CT molecular complexity index is 1040. The maximum Gasteiger partial charge on any atom is 0.209 e. The number of benzene rings is 2. The molecule has 1 N–H and O–H groups in total. The fourth-order valence-corrected chi connectivity index (χ4v) is 3.84. The number of rotatable bonds is 4. The lowest BCUT2D eigenvalue weighted by atomic mass is 9.97. The van der Waals surface area contributed by atoms with Gasteiger partial charge < -0.3 is 15.0 Å². The number of nitrogens with one attached hydrogen (secondary N) is 1. The highest BCUT2D eigenvalue weighted by molar-refractivity contribution is 6.30. The van der Waals surface area contributed by atoms with Crippen LogP contribution in [-0.4, -0.2) is 36.0 Å². The van der Waals surface area contributed by atoms with Crippen molar-refractivity contribution in [1.82, 2.24) is 9.88 Å². The zero-order valence-electron chi connectivity index (χ0n) is 15.9. The monoisotopic (exact) mass is 395 g/mol. The van der Waals surface area contributed by atoms with Crippen LogP contribution in [0, 0.1) is 13.8 Å². The minimum atomic E-state index is -0.183. The first kappa shape index (κ1) is 18.7. The number of carbonyl (C=O) groups is 1. The lowest BCUT2D eigenvalue weighted by Gasteiger charge is -2.31. The summed E-state index contributed by atoms with van der Waals surface area (Å²) in [5.41, 5.74) is 4.17. The van der Waals surface area contributed by atoms with E-state index in [-0.39, 0.29) is 6.10 Å². The smallest absolute Gasteiger partial charge is 0.209 e. The van der Waals surface area contributed by atoms with Gasteiger partial charge in [-0.05, 0) is 42.5 Å². The number of halogens is 1. The van der Waals surface area contributed by atoms with Crippen molar-refractivity contribution in [3.05, 3.63) is 64.3 Å². The fraction of sp³-hybridized carbons (Fsp3) is 0.273. The number of nitrogens with zero attached hydrogens (tertiary/aromatic N) is 2. The van der Waals surface area contributed by atoms with Gasteiger partial charge in [-0.1, -0.05) is 35.9 Å². The Morgan fingerprint density at radius 2 is 2.11 bits per heavy atom. The van der Waals surface area contributed by atoms with Gasteiger partial charge in [0.05, 0.1) is 13.2 Å². The summed E-state index contributed by atoms with van der Waals surface area (Å²) in [6, 6.07) is 11.9. The van der Waals surface area contributed by atoms with Gasteiger partial charge in [0.2, 0.25) is 6.41 Å². The zero-order chi connectivity index (χ0) is 19.7. The molecule has 0 bridgehead atoms. The van der Waals surface area contributed by atoms with Gasteiger partial charge in [0.25, 0.3) is 0 Å². The molecule has 5 nitrogen and oxygen atoms in total. The molecule has 2 aromatic carbocycles. The normalized spacial score (nSPS) is 17.0. The number of pyridine rings is 1. The molecule has 2 heterocycles. The van der Waals surface area contributed by atoms with Crippen LogP contribution in [0.15, 0.2) is 42.6 Å². The van der Waals surface area contributed by atoms with Crippen molar-refractivity contribution < 1.29 is 9.53 Å². The zero-order valence-corrected chi connectivity index (χ0v) is 16.7. The van der Waals surface area contributed by atoms with E-state index in [4.69, 9.17) is 21.3 Å². The highest BCUT2D eigenvalue weighted by Gasteiger charge is 2.24. The Hall–Kier alpha value is -2.63. The quantitative estimate of drug-likeness (QED) is 0.646. The maximum absolute atomic E-state index is 11.2. The Morgan fingerprint density at radius 1 is 1.25 bits per heavy atom. The highest BCUT2D eigenvalue weighted by Crippen LogP contribution is 2.35. The molecule has 1 unspecified atom stereocenters. The minimum absolute atomic E-state index is 0.183. The van der Waals surface area contributed by atoms with Gasteiger partial charge in [-0.2, -0.15) is 0 Å². The number of amides is 1. The molecule has 28 heavy (non-hydrogen) atoms. The van der Waals surface area contributed by atoms with E-state index >= 15 is 0 Å². The van der Waals surface area contributed by atoms with E-state index in [1.54, 1.807) is 4.90 Å². The SMILES string of the molecule is Cc1ccc(Cl)cc1Nc1ncc(C2CN(C=O)CCO2)c2c(C)cccc12. The number of carbonyl (C=O) groups excluding carboxylic acids is 1. The molecule has 1 atom stereocenters. The van der Waals surface area contributed by atoms with Gasteiger partial charge in [-0.15, -0.1) is 0 Å². The van der Waals surface area contributed by atoms with Crippen LogP contribution in [0.25, 0.3) is 10.8 Å². The summed E-state index contributed by atoms with van der Waals surface area (Å²) in [7, 11) is 0. The summed E-state index contributed by atoms with van der Waals surface area (Å²) in [4.78, 5) is 17.7. The molecule has 0 saturated carbocycles. The van der Waals surface area contributed by atoms with Crippen molar-refractivity contribution in [3.8, 4) is 0 Å². The van der Waals surface area contributed by atoms with Crippen LogP contribution in [0.1, 0.15) is 22.8 Å². The second-order valence-corrected chi connectivity index (χ2v) is 7.54. The van der Waals surface area contributed by atoms with Crippen LogP contribution in [0.2, 0.25) is 5.02 Å². The molecule has 1 saturated heterocycles. The van der Waals surface area contributed by atoms with E-state index in [1.807, 2.05) is 37.4 Å². The molecule has 1 aliphatic heterocycles. The lowest BCUT2D eigenvalue weighted by molar-refractivity contribution is -0.125. The summed E-state index contributed by atoms with van der Waals surface area (Å²) < 4.78 is 5.97. The Morgan fingerprint density at radius 3 is 2.93 bits per heavy atom. The van der Waals surface area contributed by atoms with Gasteiger partial charge in [0.15, 0.2) is 0 Å². The molecule has 1 aliphatic rings. The van der Waals surface area contributed by atoms with Gasteiger partial charge in [0.1, 0.15) is 11.9 Å². The molecule has 0 spiro atoms. The molecule has 1 fully saturated rings. The first-order chi connectivity index (χ1) is 13.6. The third kappa shape index (κ3) is 3.55. The van der Waals surface area contributed by atoms with Gasteiger partial charge in [-0.3, -0.25) is 4.79 Å². The number of anilines is 2. The Kier molecular flexibility index (Phi) is 5.20. The van der Waals surface area contributed by atoms with E-state index in [0.717, 1.165) is 45.4 Å². The molecule has 1 aromatic heterocycles. The Balaban J connectivity index is 1.79. The second kappa shape index (κ2) is 7.78. The number of morpholine rings is 1. The van der Waals surface area contributed by atoms with E-state index in [2.05, 4.69) is 24.4 Å². The fourth-order valence-electron chi connectivity index (χ4n) is 3.67. The van der Waals surface area contributed by atoms with E-state index in [1.165, 1.54) is 0 Å². The summed E-state index contributed by atoms with van der Waals surface area (Å²) in [5.74, 6) is 0.774. The van der Waals surface area contributed by atoms with Crippen molar-refractivity contribution >= 4 is 40.3 Å². The number of fused-ring (bicyclic) bond motifs is 1. The third-order valence-electron chi connectivity index (χ3n) is 5.20. The largest absolute Gasteiger partial charge is 0.370 e. The predicted octanol–water partition coefficient (Wildman–Crippen LogP) is 4.78. The van der Waals surface area contributed by atoms with Crippen LogP contribution < -0.4 is 5.32 Å². The molecule has 0 radical (unpaired) electrons. The van der Waals surface area contributed by atoms with Crippen LogP contribution >= 0.6 is 11.6 Å². The van der Waals surface area contributed by atoms with E-state index < -0.39 is 0 Å². The number of aryl methyl sites for hydroxylation is 2. The Labute approximate surface area is 169 Å². The number of hydrogen-bond acceptors (Lipinski definition) is 4. The van der Waals surface area contributed by atoms with Crippen molar-refractivity contribution in [1.29, 1.82) is 0 Å². The molecule has 0 aliphatic carbocycles. The summed E-state index contributed by atoms with van der Waals surface area (Å²) in [5, 5.41) is 6.23. The maximum atomic E-state index is 11.2. The third-order valence-corrected chi connectivity index (χ3v) is 5.43. The molecule has 3 aromatic rings. The van der Waals surface area contributed by atoms with E-state index in [9.17, 15) is 4.79 Å². The van der Waals surface area contributed by atoms with Crippen molar-refractivity contribution in [2.75, 3.05) is 25.0 Å². The van der Waals surface area contributed by atoms with Crippen LogP contribution in [-0.2, 0) is 9.53 Å². The van der Waals surface area contributed by atoms with Gasteiger partial charge in [-0.25, -0.2) is 4.98 Å². The summed E-state index contributed by atoms with van der Waals surface area (Å²) in [6.45, 7) is 5.80. The predicted molar refractivity (Wildman–Crippen MR) is 112 cm³/mol. The number of aromatic nitrogens is 1. The second-order valence-electron chi connectivity index (χ2n) is 7.10. The molecule has 6 heteroatoms. The molecular formula is C22H22ClN3O2. The number of ether oxygens (including phenoxy) is 1. The van der Waals surface area contributed by atoms with Crippen molar-refractivity contribution in [3.63, 3.8) is 0 Å². The minimum Gasteiger partial charge on any atom is -0.370 e. The average Bonchev–Trinajstić information content (AvgIpc) is 2.71. The average molecular weight is 396 g/mol. The first-order valence-electron chi connectivity index (χ1n) is 9.29. The highest BCUT2D eigenvalue weighted by atomic mass is 35.5. The lowest BCUT2D eigenvalue weighted by Crippen LogP contribution is -2.37. The standard InChI is InChI=1S/C22H22ClN3O2/c1-14-6-7-16(23)10-19(14)25-22-17-5-3-4-15(2)21(17)18(11-24-22)20-12-26(13-27)8-9-28-20/h3-7,10-11,13,20H,8-9,12H2,1-2H3,(H,24,25). The van der Waals surface area contributed by atoms with Crippen LogP contribution in [0.5, 0.6) is 0 Å². The van der Waals surface area contributed by atoms with Crippen molar-refractivity contribution in [2.45, 2.75) is 20.0 Å². The van der Waals surface area contributed by atoms with Gasteiger partial charge in [0, 0.05) is 34.4 Å². The summed E-state index contributed by atoms with van der Waals surface area (Å²) >= 11 is 6.17. The van der Waals surface area contributed by atoms with E-state index in [0.29, 0.717) is 24.7 Å². The van der Waals surface area contributed by atoms with Gasteiger partial charge >= 0.3 is 0 Å². The molecule has 1 amide bonds.